The number of carbonyl (C=O) groups excluding carboxylic acids is 1. The Balaban J connectivity index is 1.62. The van der Waals surface area contributed by atoms with E-state index in [4.69, 9.17) is 5.73 Å². The first-order chi connectivity index (χ1) is 10.1. The summed E-state index contributed by atoms with van der Waals surface area (Å²) in [6.45, 7) is 1.44. The summed E-state index contributed by atoms with van der Waals surface area (Å²) in [6, 6.07) is 5.55. The fourth-order valence-electron chi connectivity index (χ4n) is 3.89. The van der Waals surface area contributed by atoms with Gasteiger partial charge < -0.3 is 20.7 Å². The molecule has 21 heavy (non-hydrogen) atoms. The highest BCUT2D eigenvalue weighted by atomic mass is 16.3. The average molecular weight is 285 g/mol. The Bertz CT molecular complexity index is 709. The molecule has 1 aromatic heterocycles. The highest BCUT2D eigenvalue weighted by Crippen LogP contribution is 2.38. The van der Waals surface area contributed by atoms with Crippen LogP contribution in [0.1, 0.15) is 23.2 Å². The molecule has 1 aliphatic heterocycles. The molecule has 3 unspecified atom stereocenters. The summed E-state index contributed by atoms with van der Waals surface area (Å²) in [5.74, 6) is 0.771. The number of nitrogens with two attached hydrogens (primary N) is 1. The van der Waals surface area contributed by atoms with Crippen molar-refractivity contribution in [3.8, 4) is 0 Å². The number of benzene rings is 1. The third-order valence-corrected chi connectivity index (χ3v) is 5.04. The lowest BCUT2D eigenvalue weighted by molar-refractivity contribution is 0.0754. The Hall–Kier alpha value is -2.01. The van der Waals surface area contributed by atoms with Crippen LogP contribution in [0, 0.1) is 11.8 Å². The lowest BCUT2D eigenvalue weighted by Gasteiger charge is -2.18. The smallest absolute Gasteiger partial charge is 0.256 e. The summed E-state index contributed by atoms with van der Waals surface area (Å²) in [5.41, 5.74) is 8.03. The zero-order chi connectivity index (χ0) is 14.6. The minimum absolute atomic E-state index is 0.0487. The summed E-state index contributed by atoms with van der Waals surface area (Å²) >= 11 is 0. The predicted molar refractivity (Wildman–Crippen MR) is 80.8 cm³/mol. The number of hydrogen-bond acceptors (Lipinski definition) is 3. The van der Waals surface area contributed by atoms with Gasteiger partial charge >= 0.3 is 0 Å². The average Bonchev–Trinajstić information content (AvgIpc) is 3.14. The van der Waals surface area contributed by atoms with Crippen molar-refractivity contribution in [1.29, 1.82) is 0 Å². The van der Waals surface area contributed by atoms with Gasteiger partial charge in [-0.05, 0) is 37.0 Å². The van der Waals surface area contributed by atoms with Crippen LogP contribution in [-0.4, -0.2) is 40.1 Å². The van der Waals surface area contributed by atoms with E-state index in [9.17, 15) is 9.90 Å². The Morgan fingerprint density at radius 3 is 3.00 bits per heavy atom. The van der Waals surface area contributed by atoms with Gasteiger partial charge in [-0.1, -0.05) is 0 Å². The number of hydrogen-bond donors (Lipinski definition) is 3. The number of nitrogens with zero attached hydrogens (tertiary/aromatic N) is 1. The molecule has 1 amide bonds. The van der Waals surface area contributed by atoms with E-state index in [-0.39, 0.29) is 17.9 Å². The molecule has 0 spiro atoms. The fourth-order valence-corrected chi connectivity index (χ4v) is 3.89. The summed E-state index contributed by atoms with van der Waals surface area (Å²) in [4.78, 5) is 17.7. The molecule has 4 N–H and O–H groups in total. The fraction of sp³-hybridized carbons (Fsp3) is 0.438. The topological polar surface area (TPSA) is 82.3 Å². The normalized spacial score (nSPS) is 28.2. The van der Waals surface area contributed by atoms with Gasteiger partial charge in [0.1, 0.15) is 0 Å². The zero-order valence-electron chi connectivity index (χ0n) is 11.7. The first-order valence-corrected chi connectivity index (χ1v) is 7.47. The lowest BCUT2D eigenvalue weighted by atomic mass is 10.00. The number of rotatable bonds is 1. The van der Waals surface area contributed by atoms with Gasteiger partial charge in [-0.2, -0.15) is 0 Å². The number of nitrogens with one attached hydrogen (secondary N) is 1. The van der Waals surface area contributed by atoms with Crippen molar-refractivity contribution in [3.63, 3.8) is 0 Å². The van der Waals surface area contributed by atoms with Crippen LogP contribution in [0.15, 0.2) is 24.4 Å². The molecule has 1 saturated carbocycles. The van der Waals surface area contributed by atoms with E-state index < -0.39 is 0 Å². The van der Waals surface area contributed by atoms with Gasteiger partial charge in [-0.25, -0.2) is 0 Å². The van der Waals surface area contributed by atoms with E-state index in [0.29, 0.717) is 23.7 Å². The number of aromatic nitrogens is 1. The number of amides is 1. The molecule has 1 saturated heterocycles. The highest BCUT2D eigenvalue weighted by Gasteiger charge is 2.43. The van der Waals surface area contributed by atoms with Crippen molar-refractivity contribution in [3.05, 3.63) is 30.0 Å². The minimum atomic E-state index is -0.240. The van der Waals surface area contributed by atoms with Gasteiger partial charge in [0.2, 0.25) is 0 Å². The van der Waals surface area contributed by atoms with Crippen LogP contribution in [0.2, 0.25) is 0 Å². The molecule has 0 radical (unpaired) electrons. The molecule has 2 fully saturated rings. The quantitative estimate of drug-likeness (QED) is 0.696. The minimum Gasteiger partial charge on any atom is -0.399 e. The molecule has 2 heterocycles. The van der Waals surface area contributed by atoms with Crippen LogP contribution >= 0.6 is 0 Å². The molecule has 110 valence electrons. The maximum absolute atomic E-state index is 12.7. The zero-order valence-corrected chi connectivity index (χ0v) is 11.7. The van der Waals surface area contributed by atoms with Crippen LogP contribution in [0.3, 0.4) is 0 Å². The molecular formula is C16H19N3O2. The highest BCUT2D eigenvalue weighted by molar-refractivity contribution is 6.07. The Labute approximate surface area is 122 Å². The summed E-state index contributed by atoms with van der Waals surface area (Å²) in [5, 5.41) is 10.9. The predicted octanol–water partition coefficient (Wildman–Crippen LogP) is 1.59. The standard InChI is InChI=1S/C16H19N3O2/c17-10-2-3-11-12(6-18-14(11)5-10)16(21)19-7-9-1-4-15(20)13(9)8-19/h2-3,5-6,9,13,15,18,20H,1,4,7-8,17H2. The maximum Gasteiger partial charge on any atom is 0.256 e. The number of H-pyrrole nitrogens is 1. The summed E-state index contributed by atoms with van der Waals surface area (Å²) in [6.07, 6.45) is 3.43. The molecule has 2 aliphatic rings. The van der Waals surface area contributed by atoms with Crippen molar-refractivity contribution < 1.29 is 9.90 Å². The van der Waals surface area contributed by atoms with Crippen molar-refractivity contribution in [2.45, 2.75) is 18.9 Å². The molecule has 3 atom stereocenters. The van der Waals surface area contributed by atoms with Crippen molar-refractivity contribution >= 4 is 22.5 Å². The molecule has 5 nitrogen and oxygen atoms in total. The van der Waals surface area contributed by atoms with Gasteiger partial charge in [0.15, 0.2) is 0 Å². The Morgan fingerprint density at radius 1 is 1.33 bits per heavy atom. The lowest BCUT2D eigenvalue weighted by Crippen LogP contribution is -2.30. The van der Waals surface area contributed by atoms with Gasteiger partial charge in [0, 0.05) is 41.8 Å². The monoisotopic (exact) mass is 285 g/mol. The van der Waals surface area contributed by atoms with E-state index in [0.717, 1.165) is 30.3 Å². The van der Waals surface area contributed by atoms with Gasteiger partial charge in [-0.15, -0.1) is 0 Å². The molecule has 1 aliphatic carbocycles. The second kappa shape index (κ2) is 4.49. The number of anilines is 1. The molecule has 0 bridgehead atoms. The van der Waals surface area contributed by atoms with Crippen molar-refractivity contribution in [2.75, 3.05) is 18.8 Å². The maximum atomic E-state index is 12.7. The van der Waals surface area contributed by atoms with Gasteiger partial charge in [-0.3, -0.25) is 4.79 Å². The molecule has 1 aromatic carbocycles. The van der Waals surface area contributed by atoms with Gasteiger partial charge in [0.25, 0.3) is 5.91 Å². The third kappa shape index (κ3) is 1.92. The van der Waals surface area contributed by atoms with E-state index in [2.05, 4.69) is 4.98 Å². The number of nitrogen functional groups attached to an aromatic ring is 1. The second-order valence-electron chi connectivity index (χ2n) is 6.29. The van der Waals surface area contributed by atoms with Crippen molar-refractivity contribution in [1.82, 2.24) is 9.88 Å². The first-order valence-electron chi connectivity index (χ1n) is 7.47. The molecule has 4 rings (SSSR count). The molecular weight excluding hydrogens is 266 g/mol. The number of aromatic amines is 1. The van der Waals surface area contributed by atoms with Gasteiger partial charge in [0.05, 0.1) is 11.7 Å². The summed E-state index contributed by atoms with van der Waals surface area (Å²) in [7, 11) is 0. The third-order valence-electron chi connectivity index (χ3n) is 5.04. The molecule has 2 aromatic rings. The van der Waals surface area contributed by atoms with E-state index in [1.807, 2.05) is 23.1 Å². The number of likely N-dealkylation sites (tertiary alicyclic amines) is 1. The van der Waals surface area contributed by atoms with Crippen LogP contribution < -0.4 is 5.73 Å². The number of aliphatic hydroxyl groups is 1. The Kier molecular flexibility index (Phi) is 2.72. The van der Waals surface area contributed by atoms with Crippen LogP contribution in [0.5, 0.6) is 0 Å². The summed E-state index contributed by atoms with van der Waals surface area (Å²) < 4.78 is 0. The van der Waals surface area contributed by atoms with E-state index in [1.54, 1.807) is 6.20 Å². The van der Waals surface area contributed by atoms with Crippen molar-refractivity contribution in [2.24, 2.45) is 11.8 Å². The number of aliphatic hydroxyl groups excluding tert-OH is 1. The van der Waals surface area contributed by atoms with E-state index in [1.165, 1.54) is 0 Å². The van der Waals surface area contributed by atoms with Crippen LogP contribution in [0.25, 0.3) is 10.9 Å². The SMILES string of the molecule is Nc1ccc2c(C(=O)N3CC4CCC(O)C4C3)c[nH]c2c1. The van der Waals surface area contributed by atoms with Crippen LogP contribution in [-0.2, 0) is 0 Å². The largest absolute Gasteiger partial charge is 0.399 e. The molecule has 5 heteroatoms. The Morgan fingerprint density at radius 2 is 2.19 bits per heavy atom. The van der Waals surface area contributed by atoms with Crippen LogP contribution in [0.4, 0.5) is 5.69 Å². The number of fused-ring (bicyclic) bond motifs is 2. The van der Waals surface area contributed by atoms with E-state index >= 15 is 0 Å². The second-order valence-corrected chi connectivity index (χ2v) is 6.29. The first kappa shape index (κ1) is 12.7. The number of carbonyl (C=O) groups is 1.